The van der Waals surface area contributed by atoms with E-state index in [-0.39, 0.29) is 6.61 Å². The first-order valence-electron chi connectivity index (χ1n) is 7.78. The predicted octanol–water partition coefficient (Wildman–Crippen LogP) is 3.33. The van der Waals surface area contributed by atoms with Crippen LogP contribution in [0.2, 0.25) is 0 Å². The van der Waals surface area contributed by atoms with Gasteiger partial charge in [-0.1, -0.05) is 0 Å². The first-order chi connectivity index (χ1) is 12.0. The minimum Gasteiger partial charge on any atom is -0.396 e. The number of carbonyl (C=O) groups excluding carboxylic acids is 1. The van der Waals surface area contributed by atoms with Crippen molar-refractivity contribution in [3.8, 4) is 0 Å². The van der Waals surface area contributed by atoms with Crippen LogP contribution in [0.15, 0.2) is 30.5 Å². The summed E-state index contributed by atoms with van der Waals surface area (Å²) in [4.78, 5) is 16.0. The third-order valence-electron chi connectivity index (χ3n) is 3.44. The molecule has 1 amide bonds. The van der Waals surface area contributed by atoms with Gasteiger partial charge < -0.3 is 15.7 Å². The minimum atomic E-state index is -1.69. The highest BCUT2D eigenvalue weighted by atomic mass is 19.2. The molecule has 0 unspecified atom stereocenters. The summed E-state index contributed by atoms with van der Waals surface area (Å²) in [5, 5.41) is 14.1. The lowest BCUT2D eigenvalue weighted by Gasteiger charge is -2.08. The maximum Gasteiger partial charge on any atom is 0.258 e. The number of hydrogen-bond donors (Lipinski definition) is 3. The summed E-state index contributed by atoms with van der Waals surface area (Å²) < 4.78 is 39.7. The molecule has 2 aromatic rings. The fraction of sp³-hybridized carbons (Fsp3) is 0.294. The summed E-state index contributed by atoms with van der Waals surface area (Å²) >= 11 is 0. The van der Waals surface area contributed by atoms with E-state index in [1.807, 2.05) is 0 Å². The molecule has 134 valence electrons. The Balaban J connectivity index is 1.92. The van der Waals surface area contributed by atoms with Crippen molar-refractivity contribution < 1.29 is 23.1 Å². The van der Waals surface area contributed by atoms with Crippen LogP contribution in [0.5, 0.6) is 0 Å². The average molecular weight is 353 g/mol. The molecule has 1 aromatic heterocycles. The van der Waals surface area contributed by atoms with Gasteiger partial charge >= 0.3 is 0 Å². The topological polar surface area (TPSA) is 74.2 Å². The molecule has 0 aliphatic carbocycles. The second-order valence-electron chi connectivity index (χ2n) is 5.32. The lowest BCUT2D eigenvalue weighted by molar-refractivity contribution is 0.102. The molecule has 0 spiro atoms. The number of pyridine rings is 1. The van der Waals surface area contributed by atoms with Crippen LogP contribution in [0.1, 0.15) is 29.6 Å². The number of aliphatic hydroxyl groups is 1. The monoisotopic (exact) mass is 353 g/mol. The molecule has 1 aromatic carbocycles. The lowest BCUT2D eigenvalue weighted by atomic mass is 10.2. The zero-order valence-electron chi connectivity index (χ0n) is 13.4. The van der Waals surface area contributed by atoms with Crippen LogP contribution in [0.4, 0.5) is 24.7 Å². The molecule has 8 heteroatoms. The average Bonchev–Trinajstić information content (AvgIpc) is 2.61. The van der Waals surface area contributed by atoms with Crippen LogP contribution >= 0.6 is 0 Å². The molecule has 0 fully saturated rings. The third kappa shape index (κ3) is 5.18. The highest BCUT2D eigenvalue weighted by Crippen LogP contribution is 2.17. The number of aliphatic hydroxyl groups excluding tert-OH is 1. The highest BCUT2D eigenvalue weighted by Gasteiger charge is 2.18. The zero-order valence-corrected chi connectivity index (χ0v) is 13.4. The molecule has 0 aliphatic rings. The molecule has 0 saturated carbocycles. The Morgan fingerprint density at radius 3 is 2.52 bits per heavy atom. The molecule has 0 bridgehead atoms. The van der Waals surface area contributed by atoms with Gasteiger partial charge in [0.25, 0.3) is 5.91 Å². The van der Waals surface area contributed by atoms with Gasteiger partial charge in [0.15, 0.2) is 17.5 Å². The summed E-state index contributed by atoms with van der Waals surface area (Å²) in [5.41, 5.74) is -0.301. The van der Waals surface area contributed by atoms with Gasteiger partial charge in [-0.15, -0.1) is 0 Å². The zero-order chi connectivity index (χ0) is 18.2. The second kappa shape index (κ2) is 9.03. The van der Waals surface area contributed by atoms with Crippen molar-refractivity contribution >= 4 is 17.4 Å². The fourth-order valence-electron chi connectivity index (χ4n) is 2.10. The SMILES string of the molecule is O=C(Nc1ccc(NCCCCCO)nc1)c1ccc(F)c(F)c1F. The molecule has 0 aliphatic heterocycles. The molecular formula is C17H18F3N3O2. The van der Waals surface area contributed by atoms with Crippen LogP contribution in [-0.4, -0.2) is 29.1 Å². The van der Waals surface area contributed by atoms with E-state index in [2.05, 4.69) is 15.6 Å². The molecular weight excluding hydrogens is 335 g/mol. The van der Waals surface area contributed by atoms with Crippen molar-refractivity contribution in [2.24, 2.45) is 0 Å². The molecule has 3 N–H and O–H groups in total. The minimum absolute atomic E-state index is 0.172. The lowest BCUT2D eigenvalue weighted by Crippen LogP contribution is -2.15. The van der Waals surface area contributed by atoms with E-state index in [9.17, 15) is 18.0 Å². The highest BCUT2D eigenvalue weighted by molar-refractivity contribution is 6.04. The van der Waals surface area contributed by atoms with Crippen LogP contribution in [-0.2, 0) is 0 Å². The van der Waals surface area contributed by atoms with Crippen LogP contribution < -0.4 is 10.6 Å². The third-order valence-corrected chi connectivity index (χ3v) is 3.44. The van der Waals surface area contributed by atoms with E-state index in [1.165, 1.54) is 6.20 Å². The Kier molecular flexibility index (Phi) is 6.76. The van der Waals surface area contributed by atoms with E-state index in [1.54, 1.807) is 12.1 Å². The van der Waals surface area contributed by atoms with Crippen molar-refractivity contribution in [3.63, 3.8) is 0 Å². The van der Waals surface area contributed by atoms with Gasteiger partial charge in [0.2, 0.25) is 0 Å². The molecule has 2 rings (SSSR count). The van der Waals surface area contributed by atoms with Gasteiger partial charge in [0.05, 0.1) is 17.4 Å². The number of unbranched alkanes of at least 4 members (excludes halogenated alkanes) is 2. The Labute approximate surface area is 142 Å². The normalized spacial score (nSPS) is 10.6. The molecule has 1 heterocycles. The quantitative estimate of drug-likeness (QED) is 0.503. The van der Waals surface area contributed by atoms with E-state index in [0.29, 0.717) is 24.1 Å². The first-order valence-corrected chi connectivity index (χ1v) is 7.78. The van der Waals surface area contributed by atoms with E-state index < -0.39 is 28.9 Å². The fourth-order valence-corrected chi connectivity index (χ4v) is 2.10. The number of nitrogens with zero attached hydrogens (tertiary/aromatic N) is 1. The smallest absolute Gasteiger partial charge is 0.258 e. The molecule has 0 radical (unpaired) electrons. The standard InChI is InChI=1S/C17H18F3N3O2/c18-13-6-5-12(15(19)16(13)20)17(25)23-11-4-7-14(22-10-11)21-8-2-1-3-9-24/h4-7,10,24H,1-3,8-9H2,(H,21,22)(H,23,25). The first kappa shape index (κ1) is 18.7. The largest absolute Gasteiger partial charge is 0.396 e. The van der Waals surface area contributed by atoms with Crippen molar-refractivity contribution in [1.29, 1.82) is 0 Å². The maximum atomic E-state index is 13.6. The van der Waals surface area contributed by atoms with E-state index >= 15 is 0 Å². The number of aromatic nitrogens is 1. The number of halogens is 3. The Morgan fingerprint density at radius 1 is 1.04 bits per heavy atom. The van der Waals surface area contributed by atoms with Crippen LogP contribution in [0.25, 0.3) is 0 Å². The number of anilines is 2. The van der Waals surface area contributed by atoms with Crippen molar-refractivity contribution in [2.75, 3.05) is 23.8 Å². The van der Waals surface area contributed by atoms with Crippen molar-refractivity contribution in [1.82, 2.24) is 4.98 Å². The second-order valence-corrected chi connectivity index (χ2v) is 5.32. The summed E-state index contributed by atoms with van der Waals surface area (Å²) in [5.74, 6) is -4.88. The van der Waals surface area contributed by atoms with Gasteiger partial charge in [0.1, 0.15) is 5.82 Å². The maximum absolute atomic E-state index is 13.6. The van der Waals surface area contributed by atoms with Crippen molar-refractivity contribution in [2.45, 2.75) is 19.3 Å². The predicted molar refractivity (Wildman–Crippen MR) is 87.9 cm³/mol. The summed E-state index contributed by atoms with van der Waals surface area (Å²) in [7, 11) is 0. The van der Waals surface area contributed by atoms with Gasteiger partial charge in [0, 0.05) is 13.2 Å². The van der Waals surface area contributed by atoms with Crippen molar-refractivity contribution in [3.05, 3.63) is 53.5 Å². The molecule has 0 atom stereocenters. The van der Waals surface area contributed by atoms with E-state index in [0.717, 1.165) is 25.3 Å². The van der Waals surface area contributed by atoms with Crippen LogP contribution in [0.3, 0.4) is 0 Å². The summed E-state index contributed by atoms with van der Waals surface area (Å²) in [6.07, 6.45) is 3.90. The Morgan fingerprint density at radius 2 is 1.84 bits per heavy atom. The van der Waals surface area contributed by atoms with Gasteiger partial charge in [-0.2, -0.15) is 0 Å². The Bertz CT molecular complexity index is 724. The number of carbonyl (C=O) groups is 1. The molecule has 25 heavy (non-hydrogen) atoms. The molecule has 5 nitrogen and oxygen atoms in total. The number of nitrogens with one attached hydrogen (secondary N) is 2. The number of hydrogen-bond acceptors (Lipinski definition) is 4. The number of benzene rings is 1. The Hall–Kier alpha value is -2.61. The number of rotatable bonds is 8. The summed E-state index contributed by atoms with van der Waals surface area (Å²) in [6.45, 7) is 0.865. The van der Waals surface area contributed by atoms with E-state index in [4.69, 9.17) is 5.11 Å². The summed E-state index contributed by atoms with van der Waals surface area (Å²) in [6, 6.07) is 4.75. The van der Waals surface area contributed by atoms with Crippen LogP contribution in [0, 0.1) is 17.5 Å². The van der Waals surface area contributed by atoms with Gasteiger partial charge in [-0.05, 0) is 43.5 Å². The molecule has 0 saturated heterocycles. The number of amides is 1. The van der Waals surface area contributed by atoms with Gasteiger partial charge in [-0.25, -0.2) is 18.2 Å². The van der Waals surface area contributed by atoms with Gasteiger partial charge in [-0.3, -0.25) is 4.79 Å².